The third kappa shape index (κ3) is 4.76. The van der Waals surface area contributed by atoms with Crippen LogP contribution in [0.5, 0.6) is 0 Å². The summed E-state index contributed by atoms with van der Waals surface area (Å²) in [5, 5.41) is 15.1. The van der Waals surface area contributed by atoms with E-state index in [0.29, 0.717) is 17.3 Å². The standard InChI is InChI=1S/C14H15ClFNO2S/c15-13-4-3-10(16)6-14(13)17-7-11(18)8-19-9-12-2-1-5-20-12/h1-6,11,17-18H,7-9H2. The number of rotatable bonds is 7. The molecule has 108 valence electrons. The molecule has 2 N–H and O–H groups in total. The van der Waals surface area contributed by atoms with Gasteiger partial charge in [-0.25, -0.2) is 4.39 Å². The summed E-state index contributed by atoms with van der Waals surface area (Å²) in [5.74, 6) is -0.375. The molecule has 1 atom stereocenters. The van der Waals surface area contributed by atoms with Crippen molar-refractivity contribution in [3.63, 3.8) is 0 Å². The maximum Gasteiger partial charge on any atom is 0.125 e. The summed E-state index contributed by atoms with van der Waals surface area (Å²) in [6.07, 6.45) is -0.686. The number of nitrogens with one attached hydrogen (secondary N) is 1. The molecule has 0 aliphatic carbocycles. The second kappa shape index (κ2) is 7.59. The molecule has 0 fully saturated rings. The van der Waals surface area contributed by atoms with Gasteiger partial charge in [-0.3, -0.25) is 0 Å². The third-order valence-corrected chi connectivity index (χ3v) is 3.77. The molecule has 1 aromatic carbocycles. The Hall–Kier alpha value is -1.14. The molecule has 0 saturated heterocycles. The number of aliphatic hydroxyl groups excluding tert-OH is 1. The minimum Gasteiger partial charge on any atom is -0.389 e. The van der Waals surface area contributed by atoms with E-state index in [1.54, 1.807) is 11.3 Å². The normalized spacial score (nSPS) is 12.3. The quantitative estimate of drug-likeness (QED) is 0.821. The van der Waals surface area contributed by atoms with Gasteiger partial charge in [0.2, 0.25) is 0 Å². The second-order valence-electron chi connectivity index (χ2n) is 4.25. The summed E-state index contributed by atoms with van der Waals surface area (Å²) in [5.41, 5.74) is 0.462. The van der Waals surface area contributed by atoms with Crippen LogP contribution in [-0.2, 0) is 11.3 Å². The van der Waals surface area contributed by atoms with E-state index < -0.39 is 6.10 Å². The van der Waals surface area contributed by atoms with E-state index in [2.05, 4.69) is 5.32 Å². The zero-order valence-corrected chi connectivity index (χ0v) is 12.3. The van der Waals surface area contributed by atoms with E-state index in [-0.39, 0.29) is 19.0 Å². The van der Waals surface area contributed by atoms with Crippen LogP contribution >= 0.6 is 22.9 Å². The maximum atomic E-state index is 13.0. The van der Waals surface area contributed by atoms with Crippen LogP contribution in [0.1, 0.15) is 4.88 Å². The van der Waals surface area contributed by atoms with Gasteiger partial charge in [0.1, 0.15) is 5.82 Å². The van der Waals surface area contributed by atoms with Gasteiger partial charge in [0, 0.05) is 11.4 Å². The van der Waals surface area contributed by atoms with Gasteiger partial charge in [-0.2, -0.15) is 0 Å². The fraction of sp³-hybridized carbons (Fsp3) is 0.286. The van der Waals surface area contributed by atoms with Crippen LogP contribution in [0.25, 0.3) is 0 Å². The Morgan fingerprint density at radius 1 is 1.40 bits per heavy atom. The highest BCUT2D eigenvalue weighted by Crippen LogP contribution is 2.22. The second-order valence-corrected chi connectivity index (χ2v) is 5.69. The molecular formula is C14H15ClFNO2S. The van der Waals surface area contributed by atoms with Gasteiger partial charge < -0.3 is 15.2 Å². The lowest BCUT2D eigenvalue weighted by atomic mass is 10.3. The molecule has 1 unspecified atom stereocenters. The fourth-order valence-electron chi connectivity index (χ4n) is 1.61. The third-order valence-electron chi connectivity index (χ3n) is 2.59. The van der Waals surface area contributed by atoms with E-state index in [1.807, 2.05) is 17.5 Å². The molecule has 3 nitrogen and oxygen atoms in total. The monoisotopic (exact) mass is 315 g/mol. The number of thiophene rings is 1. The predicted molar refractivity (Wildman–Crippen MR) is 79.9 cm³/mol. The summed E-state index contributed by atoms with van der Waals surface area (Å²) in [6.45, 7) is 0.931. The van der Waals surface area contributed by atoms with E-state index in [1.165, 1.54) is 18.2 Å². The Bertz CT molecular complexity index is 536. The van der Waals surface area contributed by atoms with Crippen molar-refractivity contribution in [2.24, 2.45) is 0 Å². The van der Waals surface area contributed by atoms with Gasteiger partial charge in [0.05, 0.1) is 30.0 Å². The summed E-state index contributed by atoms with van der Waals surface area (Å²) in [6, 6.07) is 7.98. The van der Waals surface area contributed by atoms with Gasteiger partial charge >= 0.3 is 0 Å². The van der Waals surface area contributed by atoms with Crippen LogP contribution in [0.15, 0.2) is 35.7 Å². The van der Waals surface area contributed by atoms with E-state index >= 15 is 0 Å². The zero-order valence-electron chi connectivity index (χ0n) is 10.7. The van der Waals surface area contributed by atoms with Gasteiger partial charge in [-0.05, 0) is 29.6 Å². The first-order valence-corrected chi connectivity index (χ1v) is 7.38. The molecule has 6 heteroatoms. The van der Waals surface area contributed by atoms with Crippen LogP contribution in [0.3, 0.4) is 0 Å². The smallest absolute Gasteiger partial charge is 0.125 e. The van der Waals surface area contributed by atoms with Crippen molar-refractivity contribution < 1.29 is 14.2 Å². The van der Waals surface area contributed by atoms with Gasteiger partial charge in [-0.15, -0.1) is 11.3 Å². The first-order valence-electron chi connectivity index (χ1n) is 6.12. The largest absolute Gasteiger partial charge is 0.389 e. The van der Waals surface area contributed by atoms with Crippen molar-refractivity contribution in [2.75, 3.05) is 18.5 Å². The van der Waals surface area contributed by atoms with Crippen LogP contribution in [0.2, 0.25) is 5.02 Å². The summed E-state index contributed by atoms with van der Waals surface area (Å²) in [4.78, 5) is 1.11. The van der Waals surface area contributed by atoms with E-state index in [9.17, 15) is 9.50 Å². The molecule has 0 amide bonds. The van der Waals surface area contributed by atoms with Gasteiger partial charge in [0.25, 0.3) is 0 Å². The lowest BCUT2D eigenvalue weighted by Gasteiger charge is -2.14. The van der Waals surface area contributed by atoms with Crippen molar-refractivity contribution in [3.05, 3.63) is 51.4 Å². The number of benzene rings is 1. The fourth-order valence-corrected chi connectivity index (χ4v) is 2.43. The number of halogens is 2. The minimum absolute atomic E-state index is 0.206. The molecule has 20 heavy (non-hydrogen) atoms. The molecule has 0 bridgehead atoms. The van der Waals surface area contributed by atoms with Gasteiger partial charge in [0.15, 0.2) is 0 Å². The number of aliphatic hydroxyl groups is 1. The molecule has 0 spiro atoms. The molecule has 0 radical (unpaired) electrons. The highest BCUT2D eigenvalue weighted by molar-refractivity contribution is 7.09. The van der Waals surface area contributed by atoms with Crippen molar-refractivity contribution in [1.29, 1.82) is 0 Å². The average Bonchev–Trinajstić information content (AvgIpc) is 2.93. The first kappa shape index (κ1) is 15.3. The minimum atomic E-state index is -0.686. The summed E-state index contributed by atoms with van der Waals surface area (Å²) < 4.78 is 18.4. The Morgan fingerprint density at radius 3 is 3.00 bits per heavy atom. The molecular weight excluding hydrogens is 301 g/mol. The van der Waals surface area contributed by atoms with Crippen molar-refractivity contribution >= 4 is 28.6 Å². The Balaban J connectivity index is 1.71. The van der Waals surface area contributed by atoms with Gasteiger partial charge in [-0.1, -0.05) is 17.7 Å². The number of ether oxygens (including phenoxy) is 1. The maximum absolute atomic E-state index is 13.0. The van der Waals surface area contributed by atoms with Crippen LogP contribution < -0.4 is 5.32 Å². The molecule has 0 aliphatic rings. The summed E-state index contributed by atoms with van der Waals surface area (Å²) in [7, 11) is 0. The lowest BCUT2D eigenvalue weighted by Crippen LogP contribution is -2.24. The molecule has 0 aliphatic heterocycles. The first-order chi connectivity index (χ1) is 9.65. The SMILES string of the molecule is OC(CNc1cc(F)ccc1Cl)COCc1cccs1. The number of hydrogen-bond donors (Lipinski definition) is 2. The van der Waals surface area contributed by atoms with Crippen molar-refractivity contribution in [2.45, 2.75) is 12.7 Å². The summed E-state index contributed by atoms with van der Waals surface area (Å²) >= 11 is 7.52. The Kier molecular flexibility index (Phi) is 5.79. The molecule has 0 saturated carbocycles. The van der Waals surface area contributed by atoms with Crippen LogP contribution in [-0.4, -0.2) is 24.4 Å². The van der Waals surface area contributed by atoms with Crippen molar-refractivity contribution in [1.82, 2.24) is 0 Å². The lowest BCUT2D eigenvalue weighted by molar-refractivity contribution is 0.0359. The zero-order chi connectivity index (χ0) is 14.4. The molecule has 1 heterocycles. The molecule has 1 aromatic heterocycles. The van der Waals surface area contributed by atoms with Crippen LogP contribution in [0, 0.1) is 5.82 Å². The number of anilines is 1. The van der Waals surface area contributed by atoms with E-state index in [4.69, 9.17) is 16.3 Å². The van der Waals surface area contributed by atoms with Crippen molar-refractivity contribution in [3.8, 4) is 0 Å². The predicted octanol–water partition coefficient (Wildman–Crippen LogP) is 3.53. The van der Waals surface area contributed by atoms with Crippen LogP contribution in [0.4, 0.5) is 10.1 Å². The average molecular weight is 316 g/mol. The Morgan fingerprint density at radius 2 is 2.25 bits per heavy atom. The highest BCUT2D eigenvalue weighted by atomic mass is 35.5. The Labute approximate surface area is 126 Å². The molecule has 2 rings (SSSR count). The topological polar surface area (TPSA) is 41.5 Å². The molecule has 2 aromatic rings. The number of hydrogen-bond acceptors (Lipinski definition) is 4. The highest BCUT2D eigenvalue weighted by Gasteiger charge is 2.07. The van der Waals surface area contributed by atoms with E-state index in [0.717, 1.165) is 4.88 Å².